The molecule has 3 N–H and O–H groups in total. The standard InChI is InChI=1S/C13H19BrN2O/c1-9(17)11-4-5-16(8-11)13-3-2-10(7-15)6-12(13)14/h2-3,6,9,11,17H,4-5,7-8,15H2,1H3. The summed E-state index contributed by atoms with van der Waals surface area (Å²) in [7, 11) is 0. The molecule has 0 radical (unpaired) electrons. The van der Waals surface area contributed by atoms with Gasteiger partial charge in [0.2, 0.25) is 0 Å². The Balaban J connectivity index is 2.13. The van der Waals surface area contributed by atoms with Crippen molar-refractivity contribution in [3.63, 3.8) is 0 Å². The molecule has 0 bridgehead atoms. The van der Waals surface area contributed by atoms with E-state index >= 15 is 0 Å². The van der Waals surface area contributed by atoms with Crippen molar-refractivity contribution in [3.05, 3.63) is 28.2 Å². The zero-order chi connectivity index (χ0) is 12.4. The quantitative estimate of drug-likeness (QED) is 0.899. The van der Waals surface area contributed by atoms with E-state index in [0.717, 1.165) is 29.5 Å². The number of hydrogen-bond donors (Lipinski definition) is 2. The normalized spacial score (nSPS) is 21.9. The van der Waals surface area contributed by atoms with Gasteiger partial charge in [-0.25, -0.2) is 0 Å². The molecule has 1 aromatic carbocycles. The van der Waals surface area contributed by atoms with E-state index in [1.807, 2.05) is 6.92 Å². The second-order valence-corrected chi connectivity index (χ2v) is 5.58. The first kappa shape index (κ1) is 12.9. The third-order valence-electron chi connectivity index (χ3n) is 3.50. The molecule has 1 aromatic rings. The summed E-state index contributed by atoms with van der Waals surface area (Å²) in [5, 5.41) is 9.61. The number of hydrogen-bond acceptors (Lipinski definition) is 3. The second kappa shape index (κ2) is 5.38. The molecule has 1 fully saturated rings. The lowest BCUT2D eigenvalue weighted by molar-refractivity contribution is 0.136. The van der Waals surface area contributed by atoms with Crippen LogP contribution in [-0.4, -0.2) is 24.3 Å². The Hall–Kier alpha value is -0.580. The van der Waals surface area contributed by atoms with Crippen LogP contribution in [-0.2, 0) is 6.54 Å². The van der Waals surface area contributed by atoms with Crippen molar-refractivity contribution in [1.29, 1.82) is 0 Å². The predicted octanol–water partition coefficient (Wildman–Crippen LogP) is 2.11. The molecule has 0 spiro atoms. The fourth-order valence-electron chi connectivity index (χ4n) is 2.33. The number of nitrogens with two attached hydrogens (primary N) is 1. The number of rotatable bonds is 3. The average Bonchev–Trinajstić information content (AvgIpc) is 2.78. The molecule has 2 atom stereocenters. The topological polar surface area (TPSA) is 49.5 Å². The second-order valence-electron chi connectivity index (χ2n) is 4.73. The van der Waals surface area contributed by atoms with Gasteiger partial charge in [0, 0.05) is 30.0 Å². The highest BCUT2D eigenvalue weighted by Gasteiger charge is 2.26. The molecule has 3 nitrogen and oxygen atoms in total. The molecule has 2 rings (SSSR count). The summed E-state index contributed by atoms with van der Waals surface area (Å²) in [6, 6.07) is 6.25. The lowest BCUT2D eigenvalue weighted by atomic mass is 10.0. The van der Waals surface area contributed by atoms with Gasteiger partial charge in [0.1, 0.15) is 0 Å². The summed E-state index contributed by atoms with van der Waals surface area (Å²) in [4.78, 5) is 2.32. The van der Waals surface area contributed by atoms with Gasteiger partial charge in [-0.3, -0.25) is 0 Å². The van der Waals surface area contributed by atoms with Crippen molar-refractivity contribution in [3.8, 4) is 0 Å². The molecule has 1 aliphatic heterocycles. The average molecular weight is 299 g/mol. The van der Waals surface area contributed by atoms with Crippen molar-refractivity contribution >= 4 is 21.6 Å². The summed E-state index contributed by atoms with van der Waals surface area (Å²) in [6.07, 6.45) is 0.838. The highest BCUT2D eigenvalue weighted by Crippen LogP contribution is 2.32. The number of aliphatic hydroxyl groups is 1. The maximum Gasteiger partial charge on any atom is 0.0557 e. The van der Waals surface area contributed by atoms with E-state index in [1.165, 1.54) is 5.69 Å². The van der Waals surface area contributed by atoms with Gasteiger partial charge in [0.05, 0.1) is 11.8 Å². The molecule has 4 heteroatoms. The number of anilines is 1. The van der Waals surface area contributed by atoms with Crippen molar-refractivity contribution in [1.82, 2.24) is 0 Å². The summed E-state index contributed by atoms with van der Waals surface area (Å²) >= 11 is 3.60. The zero-order valence-electron chi connectivity index (χ0n) is 10.1. The monoisotopic (exact) mass is 298 g/mol. The van der Waals surface area contributed by atoms with Gasteiger partial charge in [0.25, 0.3) is 0 Å². The van der Waals surface area contributed by atoms with Crippen LogP contribution in [0, 0.1) is 5.92 Å². The van der Waals surface area contributed by atoms with E-state index in [9.17, 15) is 5.11 Å². The lowest BCUT2D eigenvalue weighted by Crippen LogP contribution is -2.24. The van der Waals surface area contributed by atoms with E-state index in [2.05, 4.69) is 39.0 Å². The van der Waals surface area contributed by atoms with Crippen LogP contribution in [0.3, 0.4) is 0 Å². The Labute approximate surface area is 111 Å². The first-order valence-electron chi connectivity index (χ1n) is 6.03. The molecule has 0 aromatic heterocycles. The summed E-state index contributed by atoms with van der Waals surface area (Å²) in [6.45, 7) is 4.38. The van der Waals surface area contributed by atoms with Gasteiger partial charge in [-0.15, -0.1) is 0 Å². The van der Waals surface area contributed by atoms with Crippen LogP contribution in [0.1, 0.15) is 18.9 Å². The first-order valence-corrected chi connectivity index (χ1v) is 6.82. The van der Waals surface area contributed by atoms with Gasteiger partial charge >= 0.3 is 0 Å². The molecule has 2 unspecified atom stereocenters. The SMILES string of the molecule is CC(O)C1CCN(c2ccc(CN)cc2Br)C1. The first-order chi connectivity index (χ1) is 8.11. The smallest absolute Gasteiger partial charge is 0.0557 e. The molecule has 0 amide bonds. The number of nitrogens with zero attached hydrogens (tertiary/aromatic N) is 1. The van der Waals surface area contributed by atoms with Crippen LogP contribution in [0.15, 0.2) is 22.7 Å². The lowest BCUT2D eigenvalue weighted by Gasteiger charge is -2.21. The maximum atomic E-state index is 9.61. The number of benzene rings is 1. The van der Waals surface area contributed by atoms with Crippen molar-refractivity contribution in [2.75, 3.05) is 18.0 Å². The van der Waals surface area contributed by atoms with E-state index in [4.69, 9.17) is 5.73 Å². The van der Waals surface area contributed by atoms with Crippen LogP contribution in [0.5, 0.6) is 0 Å². The van der Waals surface area contributed by atoms with Crippen LogP contribution in [0.25, 0.3) is 0 Å². The molecule has 0 saturated carbocycles. The van der Waals surface area contributed by atoms with Gasteiger partial charge < -0.3 is 15.7 Å². The minimum atomic E-state index is -0.220. The highest BCUT2D eigenvalue weighted by atomic mass is 79.9. The Morgan fingerprint density at radius 2 is 2.35 bits per heavy atom. The molecular weight excluding hydrogens is 280 g/mol. The van der Waals surface area contributed by atoms with Gasteiger partial charge in [0.15, 0.2) is 0 Å². The summed E-state index contributed by atoms with van der Waals surface area (Å²) in [5.74, 6) is 0.385. The van der Waals surface area contributed by atoms with Crippen LogP contribution in [0.4, 0.5) is 5.69 Å². The number of aliphatic hydroxyl groups excluding tert-OH is 1. The van der Waals surface area contributed by atoms with Gasteiger partial charge in [-0.05, 0) is 47.0 Å². The van der Waals surface area contributed by atoms with Crippen molar-refractivity contribution < 1.29 is 5.11 Å². The molecule has 1 aliphatic rings. The summed E-state index contributed by atoms with van der Waals surface area (Å²) < 4.78 is 1.09. The molecule has 17 heavy (non-hydrogen) atoms. The molecule has 0 aliphatic carbocycles. The highest BCUT2D eigenvalue weighted by molar-refractivity contribution is 9.10. The fourth-order valence-corrected chi connectivity index (χ4v) is 3.01. The van der Waals surface area contributed by atoms with Gasteiger partial charge in [-0.1, -0.05) is 6.07 Å². The van der Waals surface area contributed by atoms with E-state index in [0.29, 0.717) is 12.5 Å². The van der Waals surface area contributed by atoms with Gasteiger partial charge in [-0.2, -0.15) is 0 Å². The molecule has 1 heterocycles. The Bertz CT molecular complexity index is 395. The Kier molecular flexibility index (Phi) is 4.07. The zero-order valence-corrected chi connectivity index (χ0v) is 11.7. The molecule has 1 saturated heterocycles. The van der Waals surface area contributed by atoms with Crippen LogP contribution >= 0.6 is 15.9 Å². The third-order valence-corrected chi connectivity index (χ3v) is 4.13. The van der Waals surface area contributed by atoms with Crippen molar-refractivity contribution in [2.45, 2.75) is 26.0 Å². The van der Waals surface area contributed by atoms with Crippen LogP contribution < -0.4 is 10.6 Å². The van der Waals surface area contributed by atoms with E-state index < -0.39 is 0 Å². The van der Waals surface area contributed by atoms with Crippen molar-refractivity contribution in [2.24, 2.45) is 11.7 Å². The van der Waals surface area contributed by atoms with E-state index in [-0.39, 0.29) is 6.10 Å². The summed E-state index contributed by atoms with van der Waals surface area (Å²) in [5.41, 5.74) is 7.95. The number of halogens is 1. The molecule has 94 valence electrons. The predicted molar refractivity (Wildman–Crippen MR) is 74.0 cm³/mol. The minimum Gasteiger partial charge on any atom is -0.393 e. The Morgan fingerprint density at radius 3 is 2.88 bits per heavy atom. The largest absolute Gasteiger partial charge is 0.393 e. The fraction of sp³-hybridized carbons (Fsp3) is 0.538. The van der Waals surface area contributed by atoms with E-state index in [1.54, 1.807) is 0 Å². The third kappa shape index (κ3) is 2.81. The van der Waals surface area contributed by atoms with Crippen LogP contribution in [0.2, 0.25) is 0 Å². The minimum absolute atomic E-state index is 0.220. The Morgan fingerprint density at radius 1 is 1.59 bits per heavy atom. The molecular formula is C13H19BrN2O. The maximum absolute atomic E-state index is 9.61.